The van der Waals surface area contributed by atoms with Crippen LogP contribution in [0.1, 0.15) is 12.5 Å². The second kappa shape index (κ2) is 4.36. The van der Waals surface area contributed by atoms with E-state index in [-0.39, 0.29) is 6.42 Å². The van der Waals surface area contributed by atoms with E-state index >= 15 is 0 Å². The Kier molecular flexibility index (Phi) is 3.61. The lowest BCUT2D eigenvalue weighted by molar-refractivity contribution is 0.0639. The molecule has 0 saturated carbocycles. The van der Waals surface area contributed by atoms with Crippen molar-refractivity contribution >= 4 is 15.9 Å². The minimum atomic E-state index is -2.51. The summed E-state index contributed by atoms with van der Waals surface area (Å²) < 4.78 is 25.8. The fourth-order valence-corrected chi connectivity index (χ4v) is 1.61. The van der Waals surface area contributed by atoms with E-state index in [4.69, 9.17) is 5.73 Å². The molecule has 0 fully saturated rings. The van der Waals surface area contributed by atoms with Crippen LogP contribution in [0.5, 0.6) is 0 Å². The van der Waals surface area contributed by atoms with Crippen molar-refractivity contribution in [3.8, 4) is 0 Å². The first-order valence-corrected chi connectivity index (χ1v) is 5.02. The zero-order chi connectivity index (χ0) is 10.8. The van der Waals surface area contributed by atoms with Crippen molar-refractivity contribution in [2.45, 2.75) is 25.3 Å². The molecule has 1 aromatic rings. The number of nitrogens with two attached hydrogens (primary N) is 1. The van der Waals surface area contributed by atoms with Gasteiger partial charge in [0.2, 0.25) is 0 Å². The fraction of sp³-hybridized carbons (Fsp3) is 0.400. The summed E-state index contributed by atoms with van der Waals surface area (Å²) in [6.45, 7) is 1.36. The molecule has 0 aromatic heterocycles. The Morgan fingerprint density at radius 2 is 2.14 bits per heavy atom. The van der Waals surface area contributed by atoms with Crippen LogP contribution in [0, 0.1) is 0 Å². The van der Waals surface area contributed by atoms with Gasteiger partial charge in [0, 0.05) is 4.47 Å². The Labute approximate surface area is 90.4 Å². The van der Waals surface area contributed by atoms with Crippen LogP contribution >= 0.6 is 15.9 Å². The molecule has 2 N–H and O–H groups in total. The van der Waals surface area contributed by atoms with E-state index in [9.17, 15) is 8.78 Å². The molecule has 0 saturated heterocycles. The highest BCUT2D eigenvalue weighted by molar-refractivity contribution is 9.10. The average molecular weight is 264 g/mol. The maximum atomic E-state index is 12.5. The normalized spacial score (nSPS) is 15.6. The maximum Gasteiger partial charge on any atom is 0.256 e. The van der Waals surface area contributed by atoms with E-state index in [0.29, 0.717) is 0 Å². The average Bonchev–Trinajstić information content (AvgIpc) is 2.02. The van der Waals surface area contributed by atoms with Crippen LogP contribution in [-0.2, 0) is 6.42 Å². The highest BCUT2D eigenvalue weighted by Crippen LogP contribution is 2.20. The van der Waals surface area contributed by atoms with E-state index in [2.05, 4.69) is 15.9 Å². The molecule has 0 spiro atoms. The second-order valence-corrected chi connectivity index (χ2v) is 4.53. The lowest BCUT2D eigenvalue weighted by atomic mass is 9.94. The number of hydrogen-bond donors (Lipinski definition) is 1. The molecule has 1 aromatic carbocycles. The van der Waals surface area contributed by atoms with Crippen LogP contribution in [0.4, 0.5) is 8.78 Å². The van der Waals surface area contributed by atoms with E-state index in [1.165, 1.54) is 6.92 Å². The third-order valence-electron chi connectivity index (χ3n) is 1.97. The van der Waals surface area contributed by atoms with Gasteiger partial charge in [-0.2, -0.15) is 0 Å². The first kappa shape index (κ1) is 11.6. The number of rotatable bonds is 3. The van der Waals surface area contributed by atoms with Gasteiger partial charge in [-0.25, -0.2) is 8.78 Å². The van der Waals surface area contributed by atoms with Crippen LogP contribution < -0.4 is 5.73 Å². The summed E-state index contributed by atoms with van der Waals surface area (Å²) in [4.78, 5) is 0. The molecule has 0 aliphatic heterocycles. The van der Waals surface area contributed by atoms with Gasteiger partial charge in [0.05, 0.1) is 5.54 Å². The summed E-state index contributed by atoms with van der Waals surface area (Å²) in [6, 6.07) is 7.24. The summed E-state index contributed by atoms with van der Waals surface area (Å²) >= 11 is 3.28. The van der Waals surface area contributed by atoms with Gasteiger partial charge in [-0.05, 0) is 31.0 Å². The number of halogens is 3. The smallest absolute Gasteiger partial charge is 0.256 e. The quantitative estimate of drug-likeness (QED) is 0.892. The molecule has 78 valence electrons. The molecule has 0 heterocycles. The second-order valence-electron chi connectivity index (χ2n) is 3.61. The summed E-state index contributed by atoms with van der Waals surface area (Å²) in [5.41, 5.74) is 4.83. The van der Waals surface area contributed by atoms with Crippen LogP contribution in [0.2, 0.25) is 0 Å². The van der Waals surface area contributed by atoms with Gasteiger partial charge in [-0.15, -0.1) is 0 Å². The maximum absolute atomic E-state index is 12.5. The molecule has 0 radical (unpaired) electrons. The SMILES string of the molecule is CC(N)(Cc1cccc(Br)c1)C(F)F. The third kappa shape index (κ3) is 3.03. The van der Waals surface area contributed by atoms with Crippen LogP contribution in [-0.4, -0.2) is 12.0 Å². The van der Waals surface area contributed by atoms with Crippen molar-refractivity contribution in [2.24, 2.45) is 5.73 Å². The molecule has 1 rings (SSSR count). The van der Waals surface area contributed by atoms with Crippen LogP contribution in [0.15, 0.2) is 28.7 Å². The van der Waals surface area contributed by atoms with Gasteiger partial charge in [0.1, 0.15) is 0 Å². The van der Waals surface area contributed by atoms with Gasteiger partial charge in [-0.3, -0.25) is 0 Å². The third-order valence-corrected chi connectivity index (χ3v) is 2.47. The molecule has 14 heavy (non-hydrogen) atoms. The molecular weight excluding hydrogens is 252 g/mol. The highest BCUT2D eigenvalue weighted by atomic mass is 79.9. The van der Waals surface area contributed by atoms with Crippen LogP contribution in [0.3, 0.4) is 0 Å². The molecule has 1 atom stereocenters. The Bertz CT molecular complexity index is 313. The molecule has 1 nitrogen and oxygen atoms in total. The predicted octanol–water partition coefficient (Wildman–Crippen LogP) is 2.97. The van der Waals surface area contributed by atoms with Gasteiger partial charge in [0.15, 0.2) is 0 Å². The number of benzene rings is 1. The summed E-state index contributed by atoms with van der Waals surface area (Å²) in [6.07, 6.45) is -2.34. The van der Waals surface area contributed by atoms with Gasteiger partial charge in [0.25, 0.3) is 6.43 Å². The van der Waals surface area contributed by atoms with E-state index < -0.39 is 12.0 Å². The van der Waals surface area contributed by atoms with Crippen molar-refractivity contribution < 1.29 is 8.78 Å². The Hall–Kier alpha value is -0.480. The van der Waals surface area contributed by atoms with Gasteiger partial charge >= 0.3 is 0 Å². The predicted molar refractivity (Wildman–Crippen MR) is 56.4 cm³/mol. The standard InChI is InChI=1S/C10H12BrF2N/c1-10(14,9(12)13)6-7-3-2-4-8(11)5-7/h2-5,9H,6,14H2,1H3. The van der Waals surface area contributed by atoms with Crippen molar-refractivity contribution in [1.82, 2.24) is 0 Å². The minimum Gasteiger partial charge on any atom is -0.320 e. The van der Waals surface area contributed by atoms with E-state index in [0.717, 1.165) is 10.0 Å². The molecule has 0 bridgehead atoms. The Balaban J connectivity index is 2.78. The molecule has 0 aliphatic carbocycles. The van der Waals surface area contributed by atoms with Crippen LogP contribution in [0.25, 0.3) is 0 Å². The van der Waals surface area contributed by atoms with Crippen molar-refractivity contribution in [1.29, 1.82) is 0 Å². The fourth-order valence-electron chi connectivity index (χ4n) is 1.16. The lowest BCUT2D eigenvalue weighted by Crippen LogP contribution is -2.45. The first-order valence-electron chi connectivity index (χ1n) is 4.23. The molecule has 0 aliphatic rings. The first-order chi connectivity index (χ1) is 6.42. The topological polar surface area (TPSA) is 26.0 Å². The molecule has 4 heteroatoms. The minimum absolute atomic E-state index is 0.171. The molecule has 1 unspecified atom stereocenters. The van der Waals surface area contributed by atoms with Crippen molar-refractivity contribution in [2.75, 3.05) is 0 Å². The van der Waals surface area contributed by atoms with Crippen molar-refractivity contribution in [3.05, 3.63) is 34.3 Å². The molecule has 0 amide bonds. The van der Waals surface area contributed by atoms with Crippen molar-refractivity contribution in [3.63, 3.8) is 0 Å². The van der Waals surface area contributed by atoms with E-state index in [1.54, 1.807) is 18.2 Å². The summed E-state index contributed by atoms with van der Waals surface area (Å²) in [5.74, 6) is 0. The summed E-state index contributed by atoms with van der Waals surface area (Å²) in [7, 11) is 0. The van der Waals surface area contributed by atoms with E-state index in [1.807, 2.05) is 6.07 Å². The zero-order valence-electron chi connectivity index (χ0n) is 7.81. The monoisotopic (exact) mass is 263 g/mol. The molecular formula is C10H12BrF2N. The zero-order valence-corrected chi connectivity index (χ0v) is 9.39. The van der Waals surface area contributed by atoms with Gasteiger partial charge in [-0.1, -0.05) is 28.1 Å². The number of hydrogen-bond acceptors (Lipinski definition) is 1. The summed E-state index contributed by atoms with van der Waals surface area (Å²) in [5, 5.41) is 0. The van der Waals surface area contributed by atoms with Gasteiger partial charge < -0.3 is 5.73 Å². The Morgan fingerprint density at radius 3 is 2.64 bits per heavy atom. The largest absolute Gasteiger partial charge is 0.320 e. The lowest BCUT2D eigenvalue weighted by Gasteiger charge is -2.23. The Morgan fingerprint density at radius 1 is 1.50 bits per heavy atom. The number of alkyl halides is 2. The highest BCUT2D eigenvalue weighted by Gasteiger charge is 2.30.